The molecule has 2 atom stereocenters. The van der Waals surface area contributed by atoms with Crippen molar-refractivity contribution in [3.63, 3.8) is 0 Å². The van der Waals surface area contributed by atoms with Crippen molar-refractivity contribution in [2.24, 2.45) is 11.8 Å². The van der Waals surface area contributed by atoms with Gasteiger partial charge in [0.2, 0.25) is 0 Å². The molecule has 0 aliphatic carbocycles. The second-order valence-corrected chi connectivity index (χ2v) is 7.74. The Morgan fingerprint density at radius 1 is 1.11 bits per heavy atom. The third kappa shape index (κ3) is 5.36. The van der Waals surface area contributed by atoms with E-state index in [9.17, 15) is 4.79 Å². The molecule has 2 amide bonds. The number of unbranched alkanes of at least 4 members (excludes halogenated alkanes) is 1. The molecule has 3 rings (SSSR count). The number of benzene rings is 1. The van der Waals surface area contributed by atoms with Gasteiger partial charge in [0.05, 0.1) is 11.6 Å². The zero-order valence-corrected chi connectivity index (χ0v) is 16.3. The molecule has 2 fully saturated rings. The predicted molar refractivity (Wildman–Crippen MR) is 108 cm³/mol. The number of carbonyl (C=O) groups is 1. The molecule has 0 spiro atoms. The first-order valence-corrected chi connectivity index (χ1v) is 10.2. The molecular formula is C21H31N5O. The molecule has 146 valence electrons. The van der Waals surface area contributed by atoms with Gasteiger partial charge in [-0.05, 0) is 55.5 Å². The first-order chi connectivity index (χ1) is 13.2. The maximum absolute atomic E-state index is 12.2. The fourth-order valence-corrected chi connectivity index (χ4v) is 4.12. The van der Waals surface area contributed by atoms with Gasteiger partial charge in [-0.1, -0.05) is 13.3 Å². The number of urea groups is 1. The third-order valence-electron chi connectivity index (χ3n) is 5.65. The third-order valence-corrected chi connectivity index (χ3v) is 5.65. The number of nitriles is 1. The predicted octanol–water partition coefficient (Wildman–Crippen LogP) is 2.73. The number of amides is 2. The zero-order valence-electron chi connectivity index (χ0n) is 16.3. The summed E-state index contributed by atoms with van der Waals surface area (Å²) < 4.78 is 0. The number of nitrogens with one attached hydrogen (secondary N) is 2. The molecule has 2 unspecified atom stereocenters. The van der Waals surface area contributed by atoms with Gasteiger partial charge in [0.25, 0.3) is 0 Å². The first kappa shape index (κ1) is 19.5. The van der Waals surface area contributed by atoms with Gasteiger partial charge in [-0.15, -0.1) is 0 Å². The van der Waals surface area contributed by atoms with Gasteiger partial charge in [0.15, 0.2) is 0 Å². The molecule has 0 aromatic heterocycles. The maximum atomic E-state index is 12.2. The first-order valence-electron chi connectivity index (χ1n) is 10.2. The summed E-state index contributed by atoms with van der Waals surface area (Å²) in [6, 6.07) is 9.86. The minimum Gasteiger partial charge on any atom is -0.385 e. The van der Waals surface area contributed by atoms with Crippen LogP contribution >= 0.6 is 0 Å². The van der Waals surface area contributed by atoms with Crippen LogP contribution in [0.2, 0.25) is 0 Å². The van der Waals surface area contributed by atoms with Crippen molar-refractivity contribution < 1.29 is 4.79 Å². The van der Waals surface area contributed by atoms with Crippen molar-refractivity contribution in [2.75, 3.05) is 51.1 Å². The van der Waals surface area contributed by atoms with E-state index in [1.807, 2.05) is 29.2 Å². The van der Waals surface area contributed by atoms with Crippen LogP contribution in [-0.4, -0.2) is 61.6 Å². The quantitative estimate of drug-likeness (QED) is 0.691. The average molecular weight is 370 g/mol. The SMILES string of the molecule is CCCCNC(=O)N1CC2CN(CCCNc3ccc(C#N)cc3)CC2C1. The highest BCUT2D eigenvalue weighted by atomic mass is 16.2. The van der Waals surface area contributed by atoms with E-state index in [1.165, 1.54) is 0 Å². The van der Waals surface area contributed by atoms with Gasteiger partial charge in [-0.2, -0.15) is 5.26 Å². The Balaban J connectivity index is 1.31. The van der Waals surface area contributed by atoms with Crippen LogP contribution in [0.3, 0.4) is 0 Å². The lowest BCUT2D eigenvalue weighted by molar-refractivity contribution is 0.199. The Bertz CT molecular complexity index is 640. The highest BCUT2D eigenvalue weighted by Crippen LogP contribution is 2.31. The van der Waals surface area contributed by atoms with Gasteiger partial charge in [0, 0.05) is 45.0 Å². The number of rotatable bonds is 8. The molecule has 6 nitrogen and oxygen atoms in total. The van der Waals surface area contributed by atoms with E-state index < -0.39 is 0 Å². The average Bonchev–Trinajstić information content (AvgIpc) is 3.24. The van der Waals surface area contributed by atoms with E-state index in [0.717, 1.165) is 70.8 Å². The second kappa shape index (κ2) is 9.61. The Kier molecular flexibility index (Phi) is 6.94. The molecule has 2 N–H and O–H groups in total. The van der Waals surface area contributed by atoms with Gasteiger partial charge < -0.3 is 20.4 Å². The van der Waals surface area contributed by atoms with Crippen molar-refractivity contribution in [3.8, 4) is 6.07 Å². The van der Waals surface area contributed by atoms with Crippen molar-refractivity contribution in [1.82, 2.24) is 15.1 Å². The summed E-state index contributed by atoms with van der Waals surface area (Å²) in [5.74, 6) is 1.27. The monoisotopic (exact) mass is 369 g/mol. The van der Waals surface area contributed by atoms with Crippen LogP contribution in [0.4, 0.5) is 10.5 Å². The molecule has 2 heterocycles. The smallest absolute Gasteiger partial charge is 0.317 e. The summed E-state index contributed by atoms with van der Waals surface area (Å²) in [7, 11) is 0. The number of fused-ring (bicyclic) bond motifs is 1. The van der Waals surface area contributed by atoms with Gasteiger partial charge in [-0.3, -0.25) is 0 Å². The van der Waals surface area contributed by atoms with E-state index in [-0.39, 0.29) is 6.03 Å². The van der Waals surface area contributed by atoms with Crippen molar-refractivity contribution in [2.45, 2.75) is 26.2 Å². The van der Waals surface area contributed by atoms with Crippen molar-refractivity contribution in [3.05, 3.63) is 29.8 Å². The van der Waals surface area contributed by atoms with E-state index in [2.05, 4.69) is 28.5 Å². The maximum Gasteiger partial charge on any atom is 0.317 e. The van der Waals surface area contributed by atoms with Crippen LogP contribution in [0.1, 0.15) is 31.7 Å². The van der Waals surface area contributed by atoms with E-state index in [4.69, 9.17) is 5.26 Å². The molecule has 0 saturated carbocycles. The topological polar surface area (TPSA) is 71.4 Å². The molecular weight excluding hydrogens is 338 g/mol. The number of hydrogen-bond acceptors (Lipinski definition) is 4. The molecule has 1 aromatic carbocycles. The molecule has 6 heteroatoms. The van der Waals surface area contributed by atoms with Gasteiger partial charge >= 0.3 is 6.03 Å². The van der Waals surface area contributed by atoms with Gasteiger partial charge in [-0.25, -0.2) is 4.79 Å². The molecule has 2 aliphatic heterocycles. The molecule has 0 radical (unpaired) electrons. The summed E-state index contributed by atoms with van der Waals surface area (Å²) in [5, 5.41) is 15.3. The van der Waals surface area contributed by atoms with Crippen LogP contribution in [0.15, 0.2) is 24.3 Å². The standard InChI is InChI=1S/C21H31N5O/c1-2-3-9-24-21(27)26-15-18-13-25(14-19(18)16-26)11-4-10-23-20-7-5-17(12-22)6-8-20/h5-8,18-19,23H,2-4,9-11,13-16H2,1H3,(H,24,27). The molecule has 0 bridgehead atoms. The summed E-state index contributed by atoms with van der Waals surface area (Å²) in [4.78, 5) is 16.7. The Morgan fingerprint density at radius 2 is 1.81 bits per heavy atom. The largest absolute Gasteiger partial charge is 0.385 e. The fourth-order valence-electron chi connectivity index (χ4n) is 4.12. The number of anilines is 1. The Labute approximate surface area is 162 Å². The fraction of sp³-hybridized carbons (Fsp3) is 0.619. The van der Waals surface area contributed by atoms with E-state index in [1.54, 1.807) is 0 Å². The number of hydrogen-bond donors (Lipinski definition) is 2. The van der Waals surface area contributed by atoms with E-state index >= 15 is 0 Å². The van der Waals surface area contributed by atoms with E-state index in [0.29, 0.717) is 17.4 Å². The van der Waals surface area contributed by atoms with Crippen LogP contribution in [0.5, 0.6) is 0 Å². The molecule has 1 aromatic rings. The van der Waals surface area contributed by atoms with Crippen LogP contribution in [-0.2, 0) is 0 Å². The van der Waals surface area contributed by atoms with Crippen LogP contribution < -0.4 is 10.6 Å². The number of nitrogens with zero attached hydrogens (tertiary/aromatic N) is 3. The molecule has 27 heavy (non-hydrogen) atoms. The number of carbonyl (C=O) groups excluding carboxylic acids is 1. The highest BCUT2D eigenvalue weighted by molar-refractivity contribution is 5.74. The highest BCUT2D eigenvalue weighted by Gasteiger charge is 2.41. The van der Waals surface area contributed by atoms with Crippen LogP contribution in [0, 0.1) is 23.2 Å². The normalized spacial score (nSPS) is 21.7. The zero-order chi connectivity index (χ0) is 19.1. The molecule has 2 saturated heterocycles. The Hall–Kier alpha value is -2.26. The molecule has 2 aliphatic rings. The Morgan fingerprint density at radius 3 is 2.44 bits per heavy atom. The second-order valence-electron chi connectivity index (χ2n) is 7.74. The summed E-state index contributed by atoms with van der Waals surface area (Å²) >= 11 is 0. The van der Waals surface area contributed by atoms with Gasteiger partial charge in [0.1, 0.15) is 0 Å². The lowest BCUT2D eigenvalue weighted by atomic mass is 10.0. The van der Waals surface area contributed by atoms with Crippen molar-refractivity contribution >= 4 is 11.7 Å². The minimum atomic E-state index is 0.121. The lowest BCUT2D eigenvalue weighted by Gasteiger charge is -2.22. The summed E-state index contributed by atoms with van der Waals surface area (Å²) in [5.41, 5.74) is 1.76. The minimum absolute atomic E-state index is 0.121. The van der Waals surface area contributed by atoms with Crippen LogP contribution in [0.25, 0.3) is 0 Å². The van der Waals surface area contributed by atoms with Crippen molar-refractivity contribution in [1.29, 1.82) is 5.26 Å². The summed E-state index contributed by atoms with van der Waals surface area (Å²) in [6.45, 7) is 8.99. The summed E-state index contributed by atoms with van der Waals surface area (Å²) in [6.07, 6.45) is 3.26. The number of likely N-dealkylation sites (tertiary alicyclic amines) is 2. The lowest BCUT2D eigenvalue weighted by Crippen LogP contribution is -2.40.